The van der Waals surface area contributed by atoms with Gasteiger partial charge in [-0.1, -0.05) is 0 Å². The normalized spacial score (nSPS) is 16.6. The van der Waals surface area contributed by atoms with E-state index in [2.05, 4.69) is 20.6 Å². The van der Waals surface area contributed by atoms with Crippen molar-refractivity contribution in [2.45, 2.75) is 18.9 Å². The number of ether oxygens (including phenoxy) is 2. The maximum absolute atomic E-state index is 12.8. The van der Waals surface area contributed by atoms with Gasteiger partial charge in [0, 0.05) is 17.7 Å². The highest BCUT2D eigenvalue weighted by molar-refractivity contribution is 6.06. The fourth-order valence-corrected chi connectivity index (χ4v) is 4.65. The zero-order chi connectivity index (χ0) is 24.6. The number of nitriles is 1. The van der Waals surface area contributed by atoms with Crippen LogP contribution in [0.25, 0.3) is 22.3 Å². The monoisotopic (exact) mass is 482 g/mol. The van der Waals surface area contributed by atoms with E-state index in [1.54, 1.807) is 30.3 Å². The van der Waals surface area contributed by atoms with Gasteiger partial charge in [0.2, 0.25) is 6.79 Å². The Balaban J connectivity index is 1.40. The number of carbonyl (C=O) groups excluding carboxylic acids is 1. The Morgan fingerprint density at radius 1 is 1.17 bits per heavy atom. The molecule has 2 aliphatic heterocycles. The summed E-state index contributed by atoms with van der Waals surface area (Å²) in [4.78, 5) is 21.5. The van der Waals surface area contributed by atoms with Gasteiger partial charge in [0.25, 0.3) is 5.91 Å². The molecule has 0 saturated carbocycles. The van der Waals surface area contributed by atoms with E-state index in [9.17, 15) is 4.79 Å². The van der Waals surface area contributed by atoms with E-state index >= 15 is 0 Å². The van der Waals surface area contributed by atoms with Crippen molar-refractivity contribution in [3.05, 3.63) is 53.9 Å². The molecule has 180 valence electrons. The highest BCUT2D eigenvalue weighted by Crippen LogP contribution is 2.48. The molecule has 2 aromatic carbocycles. The summed E-state index contributed by atoms with van der Waals surface area (Å²) in [6.45, 7) is 1.77. The Morgan fingerprint density at radius 2 is 2.00 bits per heavy atom. The molecule has 1 atom stereocenters. The predicted octanol–water partition coefficient (Wildman–Crippen LogP) is 2.85. The molecule has 1 fully saturated rings. The Labute approximate surface area is 205 Å². The fraction of sp³-hybridized carbons (Fsp3) is 0.240. The highest BCUT2D eigenvalue weighted by Gasteiger charge is 2.29. The molecule has 4 aromatic rings. The van der Waals surface area contributed by atoms with Crippen LogP contribution in [0, 0.1) is 11.3 Å². The number of amides is 1. The van der Waals surface area contributed by atoms with Gasteiger partial charge in [0.15, 0.2) is 17.1 Å². The molecule has 1 amide bonds. The number of piperidine rings is 1. The molecule has 0 aliphatic carbocycles. The zero-order valence-corrected chi connectivity index (χ0v) is 19.2. The molecule has 2 aromatic heterocycles. The van der Waals surface area contributed by atoms with Gasteiger partial charge in [0.1, 0.15) is 17.8 Å². The largest absolute Gasteiger partial charge is 0.453 e. The molecule has 36 heavy (non-hydrogen) atoms. The number of aromatic nitrogens is 4. The SMILES string of the molecule is N#Cc1ccc(C(=O)Nc2ccc(-c3nn([C@@H]4CCCNC4)c4ncnc(N)c34)c3c2OCO3)cc1. The third kappa shape index (κ3) is 3.64. The van der Waals surface area contributed by atoms with Crippen molar-refractivity contribution in [1.82, 2.24) is 25.1 Å². The number of nitrogen functional groups attached to an aromatic ring is 1. The number of nitrogens with two attached hydrogens (primary N) is 1. The Kier molecular flexibility index (Phi) is 5.35. The summed E-state index contributed by atoms with van der Waals surface area (Å²) in [7, 11) is 0. The molecular formula is C25H22N8O3. The Hall–Kier alpha value is -4.69. The van der Waals surface area contributed by atoms with Crippen LogP contribution in [0.2, 0.25) is 0 Å². The number of hydrogen-bond acceptors (Lipinski definition) is 9. The van der Waals surface area contributed by atoms with E-state index in [-0.39, 0.29) is 18.7 Å². The van der Waals surface area contributed by atoms with Crippen molar-refractivity contribution in [2.24, 2.45) is 0 Å². The smallest absolute Gasteiger partial charge is 0.255 e. The molecule has 4 heterocycles. The number of anilines is 2. The zero-order valence-electron chi connectivity index (χ0n) is 19.2. The lowest BCUT2D eigenvalue weighted by molar-refractivity contribution is 0.102. The number of hydrogen-bond donors (Lipinski definition) is 3. The quantitative estimate of drug-likeness (QED) is 0.398. The third-order valence-electron chi connectivity index (χ3n) is 6.43. The topological polar surface area (TPSA) is 153 Å². The number of fused-ring (bicyclic) bond motifs is 2. The number of nitrogens with zero attached hydrogens (tertiary/aromatic N) is 5. The molecule has 0 spiro atoms. The average molecular weight is 483 g/mol. The first kappa shape index (κ1) is 21.8. The summed E-state index contributed by atoms with van der Waals surface area (Å²) < 4.78 is 13.5. The van der Waals surface area contributed by atoms with Gasteiger partial charge in [-0.15, -0.1) is 0 Å². The van der Waals surface area contributed by atoms with E-state index in [0.717, 1.165) is 25.9 Å². The minimum atomic E-state index is -0.331. The van der Waals surface area contributed by atoms with Gasteiger partial charge in [-0.05, 0) is 55.8 Å². The van der Waals surface area contributed by atoms with Crippen molar-refractivity contribution in [2.75, 3.05) is 30.9 Å². The van der Waals surface area contributed by atoms with E-state index in [1.165, 1.54) is 6.33 Å². The number of rotatable bonds is 4. The van der Waals surface area contributed by atoms with Crippen LogP contribution in [0.15, 0.2) is 42.7 Å². The summed E-state index contributed by atoms with van der Waals surface area (Å²) in [6, 6.07) is 12.1. The highest BCUT2D eigenvalue weighted by atomic mass is 16.7. The summed E-state index contributed by atoms with van der Waals surface area (Å²) in [5.41, 5.74) is 9.59. The molecule has 1 saturated heterocycles. The summed E-state index contributed by atoms with van der Waals surface area (Å²) in [5, 5.41) is 20.8. The second kappa shape index (κ2) is 8.83. The van der Waals surface area contributed by atoms with Crippen LogP contribution < -0.4 is 25.8 Å². The summed E-state index contributed by atoms with van der Waals surface area (Å²) in [5.74, 6) is 0.870. The minimum Gasteiger partial charge on any atom is -0.453 e. The van der Waals surface area contributed by atoms with Crippen LogP contribution in [-0.4, -0.2) is 45.5 Å². The maximum Gasteiger partial charge on any atom is 0.255 e. The second-order valence-corrected chi connectivity index (χ2v) is 8.62. The first-order valence-corrected chi connectivity index (χ1v) is 11.6. The molecule has 11 nitrogen and oxygen atoms in total. The molecule has 0 radical (unpaired) electrons. The second-order valence-electron chi connectivity index (χ2n) is 8.62. The van der Waals surface area contributed by atoms with Gasteiger partial charge in [-0.3, -0.25) is 4.79 Å². The van der Waals surface area contributed by atoms with E-state index in [0.29, 0.717) is 56.4 Å². The average Bonchev–Trinajstić information content (AvgIpc) is 3.56. The fourth-order valence-electron chi connectivity index (χ4n) is 4.65. The van der Waals surface area contributed by atoms with Crippen LogP contribution in [0.5, 0.6) is 11.5 Å². The molecule has 4 N–H and O–H groups in total. The van der Waals surface area contributed by atoms with Crippen molar-refractivity contribution in [1.29, 1.82) is 5.26 Å². The minimum absolute atomic E-state index is 0.00323. The predicted molar refractivity (Wildman–Crippen MR) is 132 cm³/mol. The first-order valence-electron chi connectivity index (χ1n) is 11.6. The van der Waals surface area contributed by atoms with Gasteiger partial charge in [-0.2, -0.15) is 10.4 Å². The third-order valence-corrected chi connectivity index (χ3v) is 6.43. The molecular weight excluding hydrogens is 460 g/mol. The van der Waals surface area contributed by atoms with Gasteiger partial charge in [0.05, 0.1) is 28.7 Å². The standard InChI is InChI=1S/C25H22N8O3/c26-10-14-3-5-15(6-4-14)25(34)31-18-8-7-17(21-22(18)36-13-35-21)20-19-23(27)29-12-30-24(19)33(32-20)16-2-1-9-28-11-16/h3-8,12,16,28H,1-2,9,11,13H2,(H,31,34)(H2,27,29,30)/t16-/m1/s1. The van der Waals surface area contributed by atoms with Gasteiger partial charge < -0.3 is 25.8 Å². The number of nitrogens with one attached hydrogen (secondary N) is 2. The molecule has 11 heteroatoms. The molecule has 0 bridgehead atoms. The van der Waals surface area contributed by atoms with Crippen LogP contribution >= 0.6 is 0 Å². The van der Waals surface area contributed by atoms with Crippen molar-refractivity contribution < 1.29 is 14.3 Å². The van der Waals surface area contributed by atoms with Crippen LogP contribution in [-0.2, 0) is 0 Å². The number of benzene rings is 2. The van der Waals surface area contributed by atoms with Gasteiger partial charge in [-0.25, -0.2) is 14.6 Å². The van der Waals surface area contributed by atoms with Crippen LogP contribution in [0.4, 0.5) is 11.5 Å². The molecule has 6 rings (SSSR count). The Bertz CT molecular complexity index is 1520. The van der Waals surface area contributed by atoms with E-state index in [1.807, 2.05) is 16.8 Å². The maximum atomic E-state index is 12.8. The summed E-state index contributed by atoms with van der Waals surface area (Å²) >= 11 is 0. The first-order chi connectivity index (χ1) is 17.6. The van der Waals surface area contributed by atoms with Crippen molar-refractivity contribution in [3.8, 4) is 28.8 Å². The van der Waals surface area contributed by atoms with E-state index in [4.69, 9.17) is 25.6 Å². The van der Waals surface area contributed by atoms with Crippen molar-refractivity contribution in [3.63, 3.8) is 0 Å². The lowest BCUT2D eigenvalue weighted by Gasteiger charge is -2.23. The molecule has 2 aliphatic rings. The van der Waals surface area contributed by atoms with E-state index < -0.39 is 0 Å². The van der Waals surface area contributed by atoms with Crippen molar-refractivity contribution >= 4 is 28.4 Å². The summed E-state index contributed by atoms with van der Waals surface area (Å²) in [6.07, 6.45) is 3.47. The van der Waals surface area contributed by atoms with Crippen LogP contribution in [0.1, 0.15) is 34.8 Å². The lowest BCUT2D eigenvalue weighted by Crippen LogP contribution is -2.32. The van der Waals surface area contributed by atoms with Gasteiger partial charge >= 0.3 is 0 Å². The van der Waals surface area contributed by atoms with Crippen LogP contribution in [0.3, 0.4) is 0 Å². The number of carbonyl (C=O) groups is 1. The Morgan fingerprint density at radius 3 is 2.78 bits per heavy atom. The lowest BCUT2D eigenvalue weighted by atomic mass is 10.1. The molecule has 0 unspecified atom stereocenters.